The van der Waals surface area contributed by atoms with Gasteiger partial charge < -0.3 is 10.6 Å². The van der Waals surface area contributed by atoms with E-state index in [1.807, 2.05) is 6.07 Å². The number of carbonyl (C=O) groups is 3. The van der Waals surface area contributed by atoms with Gasteiger partial charge in [-0.05, 0) is 49.7 Å². The second kappa shape index (κ2) is 7.47. The average Bonchev–Trinajstić information content (AvgIpc) is 3.18. The van der Waals surface area contributed by atoms with Gasteiger partial charge in [0.1, 0.15) is 17.9 Å². The third kappa shape index (κ3) is 4.17. The summed E-state index contributed by atoms with van der Waals surface area (Å²) >= 11 is 0. The van der Waals surface area contributed by atoms with Gasteiger partial charge >= 0.3 is 6.03 Å². The Bertz CT molecular complexity index is 1050. The maximum Gasteiger partial charge on any atom is 0.325 e. The molecule has 2 aromatic rings. The van der Waals surface area contributed by atoms with Crippen molar-refractivity contribution in [2.75, 3.05) is 11.9 Å². The summed E-state index contributed by atoms with van der Waals surface area (Å²) in [4.78, 5) is 43.8. The summed E-state index contributed by atoms with van der Waals surface area (Å²) in [6.07, 6.45) is 2.17. The van der Waals surface area contributed by atoms with E-state index in [0.29, 0.717) is 36.1 Å². The number of urea groups is 1. The first kappa shape index (κ1) is 21.0. The molecule has 2 aliphatic rings. The molecule has 2 atom stereocenters. The van der Waals surface area contributed by atoms with E-state index in [0.717, 1.165) is 16.9 Å². The van der Waals surface area contributed by atoms with Gasteiger partial charge in [0.15, 0.2) is 5.82 Å². The van der Waals surface area contributed by atoms with Crippen molar-refractivity contribution in [2.45, 2.75) is 52.5 Å². The van der Waals surface area contributed by atoms with Gasteiger partial charge in [0.2, 0.25) is 5.91 Å². The number of carbonyl (C=O) groups excluding carboxylic acids is 3. The minimum atomic E-state index is -0.915. The summed E-state index contributed by atoms with van der Waals surface area (Å²) < 4.78 is 0. The number of rotatable bonds is 4. The number of nitrogens with one attached hydrogen (secondary N) is 3. The lowest BCUT2D eigenvalue weighted by Crippen LogP contribution is -2.54. The number of aromatic amines is 1. The molecular formula is C22H28N6O3. The summed E-state index contributed by atoms with van der Waals surface area (Å²) in [5.41, 5.74) is 0.313. The van der Waals surface area contributed by atoms with Crippen LogP contribution in [-0.4, -0.2) is 50.0 Å². The second-order valence-electron chi connectivity index (χ2n) is 9.63. The molecule has 4 amide bonds. The third-order valence-electron chi connectivity index (χ3n) is 5.93. The van der Waals surface area contributed by atoms with Crippen LogP contribution < -0.4 is 10.6 Å². The van der Waals surface area contributed by atoms with E-state index in [-0.39, 0.29) is 17.9 Å². The SMILES string of the molecule is Cc1nc(-c2cccc(NC(=O)CN3C(=O)N[C@@]4(C[C@@H](C)CC(C)(C)C4)C3=O)c2)n[nH]1. The number of hydrogen-bond donors (Lipinski definition) is 3. The predicted octanol–water partition coefficient (Wildman–Crippen LogP) is 2.86. The minimum Gasteiger partial charge on any atom is -0.325 e. The summed E-state index contributed by atoms with van der Waals surface area (Å²) in [6, 6.07) is 6.60. The highest BCUT2D eigenvalue weighted by molar-refractivity contribution is 6.10. The Morgan fingerprint density at radius 3 is 2.74 bits per heavy atom. The number of imide groups is 1. The maximum absolute atomic E-state index is 13.2. The van der Waals surface area contributed by atoms with Crippen LogP contribution in [0.3, 0.4) is 0 Å². The molecule has 9 heteroatoms. The van der Waals surface area contributed by atoms with Crippen LogP contribution in [0.5, 0.6) is 0 Å². The molecule has 2 fully saturated rings. The molecule has 9 nitrogen and oxygen atoms in total. The van der Waals surface area contributed by atoms with Crippen molar-refractivity contribution >= 4 is 23.5 Å². The highest BCUT2D eigenvalue weighted by Crippen LogP contribution is 2.46. The van der Waals surface area contributed by atoms with Crippen molar-refractivity contribution in [2.24, 2.45) is 11.3 Å². The van der Waals surface area contributed by atoms with Crippen LogP contribution in [0.1, 0.15) is 45.9 Å². The molecule has 31 heavy (non-hydrogen) atoms. The number of anilines is 1. The zero-order valence-electron chi connectivity index (χ0n) is 18.3. The molecule has 1 aromatic heterocycles. The first-order valence-corrected chi connectivity index (χ1v) is 10.5. The van der Waals surface area contributed by atoms with E-state index in [9.17, 15) is 14.4 Å². The Hall–Kier alpha value is -3.23. The predicted molar refractivity (Wildman–Crippen MR) is 115 cm³/mol. The van der Waals surface area contributed by atoms with E-state index in [2.05, 4.69) is 46.6 Å². The molecule has 0 radical (unpaired) electrons. The molecule has 4 rings (SSSR count). The zero-order valence-corrected chi connectivity index (χ0v) is 18.3. The fraction of sp³-hybridized carbons (Fsp3) is 0.500. The van der Waals surface area contributed by atoms with Crippen LogP contribution in [0.15, 0.2) is 24.3 Å². The van der Waals surface area contributed by atoms with Gasteiger partial charge in [-0.3, -0.25) is 19.6 Å². The van der Waals surface area contributed by atoms with E-state index in [1.165, 1.54) is 0 Å². The van der Waals surface area contributed by atoms with Crippen LogP contribution in [0.4, 0.5) is 10.5 Å². The highest BCUT2D eigenvalue weighted by Gasteiger charge is 2.56. The van der Waals surface area contributed by atoms with E-state index < -0.39 is 17.5 Å². The number of H-pyrrole nitrogens is 1. The smallest absolute Gasteiger partial charge is 0.325 e. The molecule has 1 saturated carbocycles. The van der Waals surface area contributed by atoms with Crippen molar-refractivity contribution < 1.29 is 14.4 Å². The number of aromatic nitrogens is 3. The molecule has 2 heterocycles. The molecule has 1 aliphatic heterocycles. The van der Waals surface area contributed by atoms with E-state index >= 15 is 0 Å². The molecule has 1 aliphatic carbocycles. The highest BCUT2D eigenvalue weighted by atomic mass is 16.2. The molecule has 0 bridgehead atoms. The monoisotopic (exact) mass is 424 g/mol. The quantitative estimate of drug-likeness (QED) is 0.652. The summed E-state index contributed by atoms with van der Waals surface area (Å²) in [7, 11) is 0. The van der Waals surface area contributed by atoms with Crippen molar-refractivity contribution in [1.29, 1.82) is 0 Å². The molecule has 1 aromatic carbocycles. The van der Waals surface area contributed by atoms with E-state index in [4.69, 9.17) is 0 Å². The van der Waals surface area contributed by atoms with Gasteiger partial charge in [-0.15, -0.1) is 0 Å². The van der Waals surface area contributed by atoms with Gasteiger partial charge in [-0.25, -0.2) is 9.78 Å². The Morgan fingerprint density at radius 2 is 2.06 bits per heavy atom. The van der Waals surface area contributed by atoms with Gasteiger partial charge in [-0.2, -0.15) is 5.10 Å². The number of amides is 4. The van der Waals surface area contributed by atoms with Crippen LogP contribution in [0.2, 0.25) is 0 Å². The third-order valence-corrected chi connectivity index (χ3v) is 5.93. The van der Waals surface area contributed by atoms with Gasteiger partial charge in [-0.1, -0.05) is 32.9 Å². The van der Waals surface area contributed by atoms with Crippen LogP contribution in [0.25, 0.3) is 11.4 Å². The summed E-state index contributed by atoms with van der Waals surface area (Å²) in [5, 5.41) is 12.6. The maximum atomic E-state index is 13.2. The van der Waals surface area contributed by atoms with Crippen LogP contribution in [-0.2, 0) is 9.59 Å². The Kier molecular flexibility index (Phi) is 5.07. The topological polar surface area (TPSA) is 120 Å². The van der Waals surface area contributed by atoms with Crippen LogP contribution in [0, 0.1) is 18.3 Å². The van der Waals surface area contributed by atoms with Crippen molar-refractivity contribution in [1.82, 2.24) is 25.4 Å². The van der Waals surface area contributed by atoms with Crippen molar-refractivity contribution in [3.8, 4) is 11.4 Å². The Morgan fingerprint density at radius 1 is 1.29 bits per heavy atom. The van der Waals surface area contributed by atoms with Gasteiger partial charge in [0.05, 0.1) is 0 Å². The first-order chi connectivity index (χ1) is 14.6. The van der Waals surface area contributed by atoms with Crippen LogP contribution >= 0.6 is 0 Å². The number of benzene rings is 1. The minimum absolute atomic E-state index is 0.0576. The summed E-state index contributed by atoms with van der Waals surface area (Å²) in [5.74, 6) is 0.781. The molecule has 1 saturated heterocycles. The van der Waals surface area contributed by atoms with Crippen molar-refractivity contribution in [3.63, 3.8) is 0 Å². The molecule has 3 N–H and O–H groups in total. The summed E-state index contributed by atoms with van der Waals surface area (Å²) in [6.45, 7) is 7.80. The van der Waals surface area contributed by atoms with E-state index in [1.54, 1.807) is 25.1 Å². The Balaban J connectivity index is 1.46. The first-order valence-electron chi connectivity index (χ1n) is 10.5. The standard InChI is InChI=1S/C22H28N6O3/c1-13-9-21(3,4)12-22(10-13)19(30)28(20(31)25-22)11-17(29)24-16-7-5-6-15(8-16)18-23-14(2)26-27-18/h5-8,13H,9-12H2,1-4H3,(H,24,29)(H,25,31)(H,23,26,27)/t13-,22+/m0/s1. The zero-order chi connectivity index (χ0) is 22.4. The largest absolute Gasteiger partial charge is 0.325 e. The average molecular weight is 425 g/mol. The molecule has 0 unspecified atom stereocenters. The molecule has 164 valence electrons. The second-order valence-corrected chi connectivity index (χ2v) is 9.63. The Labute approximate surface area is 181 Å². The van der Waals surface area contributed by atoms with Crippen molar-refractivity contribution in [3.05, 3.63) is 30.1 Å². The fourth-order valence-corrected chi connectivity index (χ4v) is 5.20. The lowest BCUT2D eigenvalue weighted by atomic mass is 9.64. The molecular weight excluding hydrogens is 396 g/mol. The van der Waals surface area contributed by atoms with Gasteiger partial charge in [0, 0.05) is 11.3 Å². The lowest BCUT2D eigenvalue weighted by molar-refractivity contribution is -0.136. The number of aryl methyl sites for hydroxylation is 1. The van der Waals surface area contributed by atoms with Gasteiger partial charge in [0.25, 0.3) is 5.91 Å². The number of hydrogen-bond acceptors (Lipinski definition) is 5. The fourth-order valence-electron chi connectivity index (χ4n) is 5.20. The lowest BCUT2D eigenvalue weighted by Gasteiger charge is -2.43. The molecule has 1 spiro atoms. The number of nitrogens with zero attached hydrogens (tertiary/aromatic N) is 3. The normalized spacial score (nSPS) is 25.0.